The van der Waals surface area contributed by atoms with Crippen LogP contribution in [0.15, 0.2) is 17.1 Å². The van der Waals surface area contributed by atoms with Crippen molar-refractivity contribution >= 4 is 6.29 Å². The minimum atomic E-state index is -0.428. The van der Waals surface area contributed by atoms with Crippen LogP contribution in [0.3, 0.4) is 0 Å². The number of unbranched alkanes of at least 4 members (excludes halogenated alkanes) is 1. The molecule has 5 heteroatoms. The van der Waals surface area contributed by atoms with Crippen molar-refractivity contribution in [3.05, 3.63) is 28.2 Å². The summed E-state index contributed by atoms with van der Waals surface area (Å²) in [6, 6.07) is 1.48. The first kappa shape index (κ1) is 18.7. The lowest BCUT2D eigenvalue weighted by atomic mass is 9.99. The Hall–Kier alpha value is -1.62. The van der Waals surface area contributed by atoms with E-state index < -0.39 is 6.29 Å². The largest absolute Gasteiger partial charge is 0.459 e. The second kappa shape index (κ2) is 9.62. The lowest BCUT2D eigenvalue weighted by Gasteiger charge is -2.25. The number of nitrogens with zero attached hydrogens (tertiary/aromatic N) is 1. The molecule has 1 aromatic rings. The number of rotatable bonds is 9. The van der Waals surface area contributed by atoms with Gasteiger partial charge in [-0.25, -0.2) is 0 Å². The molecule has 1 aliphatic rings. The van der Waals surface area contributed by atoms with Crippen molar-refractivity contribution < 1.29 is 14.3 Å². The number of carbonyl (C=O) groups is 1. The van der Waals surface area contributed by atoms with Gasteiger partial charge in [-0.3, -0.25) is 9.59 Å². The first-order chi connectivity index (χ1) is 11.7. The molecule has 2 heterocycles. The standard InChI is InChI=1S/C19H29NO4/c1-3-5-8-15(4-2)13-20-11-10-17(22)19(16(20)14-21)24-18-9-6-7-12-23-18/h10-11,14-15,18H,3-9,12-13H2,1-2H3. The number of ether oxygens (including phenoxy) is 2. The highest BCUT2D eigenvalue weighted by molar-refractivity contribution is 5.76. The number of hydrogen-bond donors (Lipinski definition) is 0. The molecule has 2 atom stereocenters. The van der Waals surface area contributed by atoms with Gasteiger partial charge in [0.15, 0.2) is 18.3 Å². The van der Waals surface area contributed by atoms with Gasteiger partial charge in [0.25, 0.3) is 0 Å². The molecular formula is C19H29NO4. The summed E-state index contributed by atoms with van der Waals surface area (Å²) in [7, 11) is 0. The van der Waals surface area contributed by atoms with Gasteiger partial charge in [0.2, 0.25) is 5.43 Å². The van der Waals surface area contributed by atoms with Crippen molar-refractivity contribution in [3.8, 4) is 5.75 Å². The minimum Gasteiger partial charge on any atom is -0.459 e. The minimum absolute atomic E-state index is 0.129. The molecule has 0 aliphatic carbocycles. The summed E-state index contributed by atoms with van der Waals surface area (Å²) in [5.74, 6) is 0.620. The number of aldehydes is 1. The number of pyridine rings is 1. The van der Waals surface area contributed by atoms with Gasteiger partial charge in [-0.2, -0.15) is 0 Å². The maximum absolute atomic E-state index is 12.2. The molecule has 0 spiro atoms. The molecular weight excluding hydrogens is 306 g/mol. The van der Waals surface area contributed by atoms with Gasteiger partial charge in [-0.15, -0.1) is 0 Å². The van der Waals surface area contributed by atoms with Crippen LogP contribution in [0.4, 0.5) is 0 Å². The van der Waals surface area contributed by atoms with E-state index in [4.69, 9.17) is 9.47 Å². The molecule has 1 aromatic heterocycles. The topological polar surface area (TPSA) is 57.5 Å². The molecule has 0 saturated carbocycles. The fourth-order valence-corrected chi connectivity index (χ4v) is 3.10. The van der Waals surface area contributed by atoms with Crippen molar-refractivity contribution in [3.63, 3.8) is 0 Å². The summed E-state index contributed by atoms with van der Waals surface area (Å²) >= 11 is 0. The first-order valence-electron chi connectivity index (χ1n) is 9.16. The maximum atomic E-state index is 12.2. The van der Waals surface area contributed by atoms with E-state index >= 15 is 0 Å². The maximum Gasteiger partial charge on any atom is 0.224 e. The second-order valence-electron chi connectivity index (χ2n) is 6.50. The molecule has 1 aliphatic heterocycles. The second-order valence-corrected chi connectivity index (χ2v) is 6.50. The molecule has 0 N–H and O–H groups in total. The van der Waals surface area contributed by atoms with E-state index in [-0.39, 0.29) is 11.2 Å². The van der Waals surface area contributed by atoms with E-state index in [0.29, 0.717) is 18.2 Å². The summed E-state index contributed by atoms with van der Waals surface area (Å²) < 4.78 is 13.2. The average molecular weight is 335 g/mol. The zero-order valence-corrected chi connectivity index (χ0v) is 14.8. The summed E-state index contributed by atoms with van der Waals surface area (Å²) in [6.07, 6.45) is 9.28. The molecule has 0 radical (unpaired) electrons. The fourth-order valence-electron chi connectivity index (χ4n) is 3.10. The van der Waals surface area contributed by atoms with Crippen LogP contribution in [0.5, 0.6) is 5.75 Å². The van der Waals surface area contributed by atoms with Crippen molar-refractivity contribution in [1.82, 2.24) is 4.57 Å². The quantitative estimate of drug-likeness (QED) is 0.644. The monoisotopic (exact) mass is 335 g/mol. The highest BCUT2D eigenvalue weighted by atomic mass is 16.7. The Balaban J connectivity index is 2.20. The Kier molecular flexibility index (Phi) is 7.50. The summed E-state index contributed by atoms with van der Waals surface area (Å²) in [4.78, 5) is 23.8. The predicted octanol–water partition coefficient (Wildman–Crippen LogP) is 3.78. The smallest absolute Gasteiger partial charge is 0.224 e. The summed E-state index contributed by atoms with van der Waals surface area (Å²) in [5, 5.41) is 0. The van der Waals surface area contributed by atoms with Crippen molar-refractivity contribution in [1.29, 1.82) is 0 Å². The SMILES string of the molecule is CCCCC(CC)Cn1ccc(=O)c(OC2CCCCO2)c1C=O. The van der Waals surface area contributed by atoms with E-state index in [0.717, 1.165) is 51.4 Å². The molecule has 0 amide bonds. The van der Waals surface area contributed by atoms with Crippen LogP contribution in [0.1, 0.15) is 69.3 Å². The average Bonchev–Trinajstić information content (AvgIpc) is 2.62. The lowest BCUT2D eigenvalue weighted by Crippen LogP contribution is -2.29. The molecule has 1 fully saturated rings. The van der Waals surface area contributed by atoms with Crippen LogP contribution in [-0.2, 0) is 11.3 Å². The zero-order chi connectivity index (χ0) is 17.4. The van der Waals surface area contributed by atoms with Gasteiger partial charge >= 0.3 is 0 Å². The van der Waals surface area contributed by atoms with Gasteiger partial charge in [-0.1, -0.05) is 33.1 Å². The van der Waals surface area contributed by atoms with Crippen LogP contribution in [-0.4, -0.2) is 23.8 Å². The Labute approximate surface area is 144 Å². The van der Waals surface area contributed by atoms with Crippen LogP contribution < -0.4 is 10.2 Å². The van der Waals surface area contributed by atoms with E-state index in [1.807, 2.05) is 4.57 Å². The molecule has 1 saturated heterocycles. The Morgan fingerprint density at radius 1 is 1.42 bits per heavy atom. The zero-order valence-electron chi connectivity index (χ0n) is 14.8. The fraction of sp³-hybridized carbons (Fsp3) is 0.684. The van der Waals surface area contributed by atoms with Crippen molar-refractivity contribution in [2.75, 3.05) is 6.61 Å². The van der Waals surface area contributed by atoms with Crippen LogP contribution in [0.25, 0.3) is 0 Å². The Bertz CT molecular complexity index is 575. The molecule has 5 nitrogen and oxygen atoms in total. The highest BCUT2D eigenvalue weighted by Crippen LogP contribution is 2.21. The molecule has 134 valence electrons. The van der Waals surface area contributed by atoms with E-state index in [1.54, 1.807) is 6.20 Å². The lowest BCUT2D eigenvalue weighted by molar-refractivity contribution is -0.106. The third-order valence-corrected chi connectivity index (χ3v) is 4.67. The third-order valence-electron chi connectivity index (χ3n) is 4.67. The third kappa shape index (κ3) is 4.94. The van der Waals surface area contributed by atoms with Crippen molar-refractivity contribution in [2.45, 2.75) is 71.6 Å². The van der Waals surface area contributed by atoms with Crippen LogP contribution in [0, 0.1) is 5.92 Å². The molecule has 2 rings (SSSR count). The summed E-state index contributed by atoms with van der Waals surface area (Å²) in [6.45, 7) is 5.71. The predicted molar refractivity (Wildman–Crippen MR) is 93.6 cm³/mol. The molecule has 0 bridgehead atoms. The van der Waals surface area contributed by atoms with Crippen molar-refractivity contribution in [2.24, 2.45) is 5.92 Å². The molecule has 2 unspecified atom stereocenters. The van der Waals surface area contributed by atoms with Gasteiger partial charge in [0.1, 0.15) is 5.69 Å². The first-order valence-corrected chi connectivity index (χ1v) is 9.16. The van der Waals surface area contributed by atoms with Gasteiger partial charge in [-0.05, 0) is 25.2 Å². The van der Waals surface area contributed by atoms with E-state index in [9.17, 15) is 9.59 Å². The van der Waals surface area contributed by atoms with Gasteiger partial charge in [0.05, 0.1) is 6.61 Å². The number of aromatic nitrogens is 1. The normalized spacial score (nSPS) is 19.0. The van der Waals surface area contributed by atoms with E-state index in [1.165, 1.54) is 12.5 Å². The Morgan fingerprint density at radius 3 is 2.88 bits per heavy atom. The molecule has 24 heavy (non-hydrogen) atoms. The van der Waals surface area contributed by atoms with Crippen LogP contribution in [0.2, 0.25) is 0 Å². The van der Waals surface area contributed by atoms with Crippen LogP contribution >= 0.6 is 0 Å². The highest BCUT2D eigenvalue weighted by Gasteiger charge is 2.21. The van der Waals surface area contributed by atoms with E-state index in [2.05, 4.69) is 13.8 Å². The summed E-state index contributed by atoms with van der Waals surface area (Å²) in [5.41, 5.74) is 0.0655. The van der Waals surface area contributed by atoms with Gasteiger partial charge < -0.3 is 14.0 Å². The number of hydrogen-bond acceptors (Lipinski definition) is 4. The number of carbonyl (C=O) groups excluding carboxylic acids is 1. The Morgan fingerprint density at radius 2 is 2.25 bits per heavy atom. The van der Waals surface area contributed by atoms with Gasteiger partial charge in [0, 0.05) is 25.2 Å². The molecule has 0 aromatic carbocycles.